The number of amides is 3. The molecule has 4 saturated heterocycles. The van der Waals surface area contributed by atoms with E-state index < -0.39 is 23.9 Å². The number of hydrogen-bond donors (Lipinski definition) is 4. The molecule has 1 unspecified atom stereocenters. The molecule has 1 spiro atoms. The molecule has 2 aliphatic carbocycles. The molecule has 6 fully saturated rings. The number of anilines is 1. The third-order valence-electron chi connectivity index (χ3n) is 14.4. The van der Waals surface area contributed by atoms with Crippen LogP contribution in [0.4, 0.5) is 14.5 Å². The summed E-state index contributed by atoms with van der Waals surface area (Å²) >= 11 is 0. The number of ether oxygens (including phenoxy) is 2. The summed E-state index contributed by atoms with van der Waals surface area (Å²) in [5, 5.41) is 25.9. The number of likely N-dealkylation sites (tertiary alicyclic amines) is 2. The number of piperidine rings is 2. The summed E-state index contributed by atoms with van der Waals surface area (Å²) in [6.07, 6.45) is 12.9. The molecule has 328 valence electrons. The van der Waals surface area contributed by atoms with Gasteiger partial charge in [-0.15, -0.1) is 0 Å². The van der Waals surface area contributed by atoms with E-state index in [1.54, 1.807) is 15.6 Å². The van der Waals surface area contributed by atoms with E-state index in [-0.39, 0.29) is 53.2 Å². The van der Waals surface area contributed by atoms with E-state index in [2.05, 4.69) is 40.9 Å². The number of aryl methyl sites for hydroxylation is 1. The molecule has 62 heavy (non-hydrogen) atoms. The summed E-state index contributed by atoms with van der Waals surface area (Å²) in [6, 6.07) is 6.06. The van der Waals surface area contributed by atoms with Crippen molar-refractivity contribution in [3.05, 3.63) is 59.5 Å². The minimum Gasteiger partial charge on any atom is -0.490 e. The molecule has 7 heterocycles. The van der Waals surface area contributed by atoms with Crippen molar-refractivity contribution in [2.24, 2.45) is 23.4 Å². The highest BCUT2D eigenvalue weighted by Gasteiger charge is 2.47. The Labute approximate surface area is 357 Å². The van der Waals surface area contributed by atoms with Crippen LogP contribution in [0.25, 0.3) is 10.9 Å². The van der Waals surface area contributed by atoms with Gasteiger partial charge in [-0.1, -0.05) is 0 Å². The van der Waals surface area contributed by atoms with Crippen molar-refractivity contribution in [1.29, 1.82) is 5.41 Å². The largest absolute Gasteiger partial charge is 0.490 e. The molecule has 10 rings (SSSR count). The van der Waals surface area contributed by atoms with Crippen LogP contribution < -0.4 is 20.7 Å². The standard InChI is InChI=1S/C44H53F2N11O5/c1-54-39(32-8-9-37(58)51-42(32)59)31-7-6-28(17-34(31)52-54)62-30-18-44(19-30)11-14-55(15-12-44)21-25-2-4-26(5-3-25)57-23-35(38(53-57)40(45)46)49-43(60)33(20-47)41-48-13-10-36(50-41)56-22-29-16-27(56)24-61-29/h6-7,10,13,17,20,23,25-27,29-30,32,40,47-48H,2-5,8-9,11-12,14-16,18-19,21-22,24H2,1H3,(H,49,60)(H,51,58,59)/b41-33-,47-20?/t25?,26?,27-,29-,32?/m1/s1. The van der Waals surface area contributed by atoms with Gasteiger partial charge >= 0.3 is 0 Å². The first-order valence-electron chi connectivity index (χ1n) is 22.0. The van der Waals surface area contributed by atoms with Gasteiger partial charge in [0.05, 0.1) is 59.3 Å². The Morgan fingerprint density at radius 1 is 1.11 bits per heavy atom. The van der Waals surface area contributed by atoms with Gasteiger partial charge in [-0.05, 0) is 107 Å². The van der Waals surface area contributed by atoms with Gasteiger partial charge in [0.2, 0.25) is 11.8 Å². The summed E-state index contributed by atoms with van der Waals surface area (Å²) in [4.78, 5) is 47.1. The highest BCUT2D eigenvalue weighted by atomic mass is 19.3. The molecule has 0 radical (unpaired) electrons. The first kappa shape index (κ1) is 40.6. The third kappa shape index (κ3) is 7.79. The Kier molecular flexibility index (Phi) is 10.7. The number of nitrogens with one attached hydrogen (secondary N) is 4. The summed E-state index contributed by atoms with van der Waals surface area (Å²) in [5.74, 6) is 0.529. The Bertz CT molecular complexity index is 2370. The van der Waals surface area contributed by atoms with Crippen molar-refractivity contribution in [2.45, 2.75) is 107 Å². The highest BCUT2D eigenvalue weighted by Crippen LogP contribution is 2.51. The number of morpholine rings is 1. The van der Waals surface area contributed by atoms with Crippen LogP contribution in [-0.2, 0) is 26.2 Å². The quantitative estimate of drug-likeness (QED) is 0.122. The fraction of sp³-hybridized carbons (Fsp3) is 0.568. The second-order valence-electron chi connectivity index (χ2n) is 18.3. The number of rotatable bonds is 10. The number of hydrogen-bond acceptors (Lipinski definition) is 12. The highest BCUT2D eigenvalue weighted by molar-refractivity contribution is 6.18. The number of imide groups is 1. The summed E-state index contributed by atoms with van der Waals surface area (Å²) in [6.45, 7) is 4.46. The summed E-state index contributed by atoms with van der Waals surface area (Å²) < 4.78 is 44.0. The Morgan fingerprint density at radius 2 is 1.92 bits per heavy atom. The lowest BCUT2D eigenvalue weighted by Gasteiger charge is -2.52. The van der Waals surface area contributed by atoms with Crippen molar-refractivity contribution < 1.29 is 32.6 Å². The molecule has 16 nitrogen and oxygen atoms in total. The zero-order valence-electron chi connectivity index (χ0n) is 34.8. The van der Waals surface area contributed by atoms with Crippen LogP contribution in [0, 0.1) is 16.7 Å². The molecular weight excluding hydrogens is 801 g/mol. The van der Waals surface area contributed by atoms with Gasteiger partial charge in [-0.3, -0.25) is 29.1 Å². The number of alkyl halides is 2. The van der Waals surface area contributed by atoms with Crippen molar-refractivity contribution in [3.8, 4) is 5.75 Å². The van der Waals surface area contributed by atoms with Crippen molar-refractivity contribution in [3.63, 3.8) is 0 Å². The number of amidine groups is 1. The predicted molar refractivity (Wildman–Crippen MR) is 225 cm³/mol. The molecule has 4 N–H and O–H groups in total. The van der Waals surface area contributed by atoms with Crippen LogP contribution in [-0.4, -0.2) is 110 Å². The topological polar surface area (TPSA) is 184 Å². The predicted octanol–water partition coefficient (Wildman–Crippen LogP) is 5.07. The van der Waals surface area contributed by atoms with E-state index in [9.17, 15) is 23.2 Å². The van der Waals surface area contributed by atoms with Crippen LogP contribution in [0.2, 0.25) is 0 Å². The second kappa shape index (κ2) is 16.3. The van der Waals surface area contributed by atoms with Gasteiger partial charge in [0, 0.05) is 56.6 Å². The van der Waals surface area contributed by atoms with E-state index >= 15 is 0 Å². The number of benzene rings is 1. The number of aliphatic imine (C=N–C) groups is 1. The van der Waals surface area contributed by atoms with Gasteiger partial charge in [0.25, 0.3) is 12.3 Å². The van der Waals surface area contributed by atoms with Crippen molar-refractivity contribution in [2.75, 3.05) is 38.1 Å². The summed E-state index contributed by atoms with van der Waals surface area (Å²) in [5.41, 5.74) is 1.29. The molecule has 7 aliphatic rings. The van der Waals surface area contributed by atoms with Crippen LogP contribution >= 0.6 is 0 Å². The maximum absolute atomic E-state index is 14.3. The molecule has 2 bridgehead atoms. The minimum absolute atomic E-state index is 0.0469. The van der Waals surface area contributed by atoms with Crippen molar-refractivity contribution in [1.82, 2.24) is 40.0 Å². The number of fused-ring (bicyclic) bond motifs is 3. The van der Waals surface area contributed by atoms with Gasteiger partial charge in [-0.2, -0.15) is 10.2 Å². The van der Waals surface area contributed by atoms with Crippen LogP contribution in [0.3, 0.4) is 0 Å². The zero-order valence-corrected chi connectivity index (χ0v) is 34.8. The lowest BCUT2D eigenvalue weighted by molar-refractivity contribution is -0.134. The van der Waals surface area contributed by atoms with Gasteiger partial charge in [-0.25, -0.2) is 13.8 Å². The molecule has 18 heteroatoms. The van der Waals surface area contributed by atoms with E-state index in [1.807, 2.05) is 31.3 Å². The maximum atomic E-state index is 14.3. The number of carbonyl (C=O) groups is 3. The molecule has 3 atom stereocenters. The van der Waals surface area contributed by atoms with Gasteiger partial charge in [0.1, 0.15) is 17.4 Å². The van der Waals surface area contributed by atoms with Gasteiger partial charge in [0.15, 0.2) is 5.69 Å². The molecule has 5 aliphatic heterocycles. The molecule has 2 saturated carbocycles. The van der Waals surface area contributed by atoms with Crippen LogP contribution in [0.15, 0.2) is 53.1 Å². The summed E-state index contributed by atoms with van der Waals surface area (Å²) in [7, 11) is 1.84. The Balaban J connectivity index is 0.692. The molecule has 1 aromatic carbocycles. The number of halogens is 2. The number of carbonyl (C=O) groups excluding carboxylic acids is 3. The maximum Gasteiger partial charge on any atom is 0.284 e. The lowest BCUT2D eigenvalue weighted by Crippen LogP contribution is -2.51. The SMILES string of the molecule is Cn1nc2cc(OC3CC4(CCN(CC5CCC(n6cc(NC(=O)/C(C=N)=C7\N=C(N8C[C@H]9C[C@@H]8CO9)C=CN7)c(C(F)F)n6)CC5)CC4)C3)ccc2c1C1CCC(=O)NC1=O. The van der Waals surface area contributed by atoms with E-state index in [1.165, 1.54) is 6.20 Å². The monoisotopic (exact) mass is 853 g/mol. The first-order chi connectivity index (χ1) is 30.0. The Hall–Kier alpha value is -5.49. The number of nitrogens with zero attached hydrogens (tertiary/aromatic N) is 7. The molecule has 3 aromatic rings. The van der Waals surface area contributed by atoms with Crippen molar-refractivity contribution >= 4 is 46.4 Å². The van der Waals surface area contributed by atoms with Crippen LogP contribution in [0.1, 0.15) is 100 Å². The average Bonchev–Trinajstić information content (AvgIpc) is 4.06. The van der Waals surface area contributed by atoms with Gasteiger partial charge < -0.3 is 35.3 Å². The van der Waals surface area contributed by atoms with E-state index in [0.29, 0.717) is 43.2 Å². The van der Waals surface area contributed by atoms with Crippen LogP contribution in [0.5, 0.6) is 5.75 Å². The smallest absolute Gasteiger partial charge is 0.284 e. The third-order valence-corrected chi connectivity index (χ3v) is 14.4. The zero-order chi connectivity index (χ0) is 42.7. The fourth-order valence-electron chi connectivity index (χ4n) is 11.0. The van der Waals surface area contributed by atoms with E-state index in [4.69, 9.17) is 14.9 Å². The molecular formula is C44H53F2N11O5. The minimum atomic E-state index is -2.88. The Morgan fingerprint density at radius 3 is 2.63 bits per heavy atom. The number of aromatic nitrogens is 4. The first-order valence-corrected chi connectivity index (χ1v) is 22.0. The normalized spacial score (nSPS) is 28.2. The fourth-order valence-corrected chi connectivity index (χ4v) is 11.0. The second-order valence-corrected chi connectivity index (χ2v) is 18.3. The molecule has 2 aromatic heterocycles. The lowest BCUT2D eigenvalue weighted by atomic mass is 9.61. The molecule has 3 amide bonds. The van der Waals surface area contributed by atoms with E-state index in [0.717, 1.165) is 106 Å². The average molecular weight is 854 g/mol.